The van der Waals surface area contributed by atoms with Crippen LogP contribution < -0.4 is 4.74 Å². The summed E-state index contributed by atoms with van der Waals surface area (Å²) in [5, 5.41) is 3.24. The number of ether oxygens (including phenoxy) is 3. The van der Waals surface area contributed by atoms with Crippen LogP contribution in [0.15, 0.2) is 29.6 Å². The van der Waals surface area contributed by atoms with Crippen LogP contribution in [0, 0.1) is 5.92 Å². The summed E-state index contributed by atoms with van der Waals surface area (Å²) in [6.07, 6.45) is 1.69. The quantitative estimate of drug-likeness (QED) is 0.756. The van der Waals surface area contributed by atoms with E-state index in [0.29, 0.717) is 49.5 Å². The summed E-state index contributed by atoms with van der Waals surface area (Å²) in [6.45, 7) is 3.09. The number of carbonyl (C=O) groups excluding carboxylic acids is 1. The molecule has 0 radical (unpaired) electrons. The van der Waals surface area contributed by atoms with Crippen molar-refractivity contribution in [2.24, 2.45) is 5.92 Å². The van der Waals surface area contributed by atoms with Crippen LogP contribution in [0.1, 0.15) is 28.3 Å². The first-order valence-corrected chi connectivity index (χ1v) is 10.3. The van der Waals surface area contributed by atoms with Gasteiger partial charge in [-0.05, 0) is 37.1 Å². The molecule has 1 aromatic carbocycles. The largest absolute Gasteiger partial charge is 0.486 e. The highest BCUT2D eigenvalue weighted by Crippen LogP contribution is 2.27. The van der Waals surface area contributed by atoms with E-state index < -0.39 is 0 Å². The molecule has 2 aliphatic heterocycles. The Morgan fingerprint density at radius 3 is 2.63 bits per heavy atom. The Kier molecular flexibility index (Phi) is 5.92. The van der Waals surface area contributed by atoms with Crippen LogP contribution in [-0.4, -0.2) is 48.4 Å². The fourth-order valence-corrected chi connectivity index (χ4v) is 4.14. The first kappa shape index (κ1) is 18.7. The summed E-state index contributed by atoms with van der Waals surface area (Å²) in [6, 6.07) is 7.17. The van der Waals surface area contributed by atoms with Crippen molar-refractivity contribution in [1.29, 1.82) is 0 Å². The highest BCUT2D eigenvalue weighted by molar-refractivity contribution is 7.09. The van der Waals surface area contributed by atoms with E-state index in [1.165, 1.54) is 11.3 Å². The molecule has 4 rings (SSSR count). The van der Waals surface area contributed by atoms with Gasteiger partial charge < -0.3 is 19.1 Å². The van der Waals surface area contributed by atoms with E-state index in [0.717, 1.165) is 23.6 Å². The smallest absolute Gasteiger partial charge is 0.273 e. The van der Waals surface area contributed by atoms with Gasteiger partial charge in [0.15, 0.2) is 6.29 Å². The second kappa shape index (κ2) is 8.56. The Hall–Kier alpha value is -1.67. The van der Waals surface area contributed by atoms with Crippen LogP contribution in [0.5, 0.6) is 5.75 Å². The summed E-state index contributed by atoms with van der Waals surface area (Å²) in [5.74, 6) is 1.08. The molecule has 0 atom stereocenters. The Balaban J connectivity index is 1.29. The molecule has 0 N–H and O–H groups in total. The van der Waals surface area contributed by atoms with E-state index in [1.807, 2.05) is 17.0 Å². The molecule has 144 valence electrons. The first-order chi connectivity index (χ1) is 13.2. The monoisotopic (exact) mass is 408 g/mol. The number of carbonyl (C=O) groups is 1. The zero-order valence-corrected chi connectivity index (χ0v) is 16.4. The van der Waals surface area contributed by atoms with Gasteiger partial charge in [-0.2, -0.15) is 0 Å². The number of hydrogen-bond acceptors (Lipinski definition) is 6. The minimum Gasteiger partial charge on any atom is -0.486 e. The van der Waals surface area contributed by atoms with Gasteiger partial charge in [-0.15, -0.1) is 11.3 Å². The van der Waals surface area contributed by atoms with Crippen LogP contribution in [0.4, 0.5) is 0 Å². The van der Waals surface area contributed by atoms with Gasteiger partial charge in [0, 0.05) is 29.4 Å². The molecule has 8 heteroatoms. The summed E-state index contributed by atoms with van der Waals surface area (Å²) in [5.41, 5.74) is 0.488. The number of halogens is 1. The Labute approximate surface area is 167 Å². The topological polar surface area (TPSA) is 60.9 Å². The molecule has 2 aliphatic rings. The van der Waals surface area contributed by atoms with Crippen molar-refractivity contribution in [1.82, 2.24) is 9.88 Å². The molecule has 0 saturated carbocycles. The molecule has 0 unspecified atom stereocenters. The molecular weight excluding hydrogens is 388 g/mol. The van der Waals surface area contributed by atoms with Crippen molar-refractivity contribution >= 4 is 28.8 Å². The number of likely N-dealkylation sites (tertiary alicyclic amines) is 1. The lowest BCUT2D eigenvalue weighted by Crippen LogP contribution is -2.41. The minimum atomic E-state index is -0.0989. The number of piperidine rings is 1. The second-order valence-electron chi connectivity index (χ2n) is 6.61. The summed E-state index contributed by atoms with van der Waals surface area (Å²) < 4.78 is 16.9. The van der Waals surface area contributed by atoms with Crippen molar-refractivity contribution < 1.29 is 19.0 Å². The average molecular weight is 409 g/mol. The van der Waals surface area contributed by atoms with E-state index in [4.69, 9.17) is 25.8 Å². The number of thiazole rings is 1. The van der Waals surface area contributed by atoms with Gasteiger partial charge in [-0.3, -0.25) is 4.79 Å². The van der Waals surface area contributed by atoms with Gasteiger partial charge in [0.25, 0.3) is 5.91 Å². The molecule has 2 aromatic rings. The summed E-state index contributed by atoms with van der Waals surface area (Å²) in [7, 11) is 0. The van der Waals surface area contributed by atoms with Gasteiger partial charge in [0.1, 0.15) is 23.1 Å². The van der Waals surface area contributed by atoms with Crippen LogP contribution in [0.3, 0.4) is 0 Å². The van der Waals surface area contributed by atoms with Crippen molar-refractivity contribution in [3.05, 3.63) is 45.4 Å². The molecule has 27 heavy (non-hydrogen) atoms. The SMILES string of the molecule is O=C(c1csc(COc2ccc(Cl)cc2)n1)N1CCC(C2OCCO2)CC1. The number of benzene rings is 1. The average Bonchev–Trinajstić information content (AvgIpc) is 3.39. The van der Waals surface area contributed by atoms with Crippen molar-refractivity contribution in [2.45, 2.75) is 25.7 Å². The molecule has 2 fully saturated rings. The number of nitrogens with zero attached hydrogens (tertiary/aromatic N) is 2. The van der Waals surface area contributed by atoms with Crippen LogP contribution in [0.25, 0.3) is 0 Å². The van der Waals surface area contributed by atoms with Crippen LogP contribution >= 0.6 is 22.9 Å². The van der Waals surface area contributed by atoms with Crippen molar-refractivity contribution in [2.75, 3.05) is 26.3 Å². The van der Waals surface area contributed by atoms with E-state index in [1.54, 1.807) is 17.5 Å². The van der Waals surface area contributed by atoms with E-state index in [2.05, 4.69) is 4.98 Å². The fraction of sp³-hybridized carbons (Fsp3) is 0.474. The molecule has 2 saturated heterocycles. The van der Waals surface area contributed by atoms with Gasteiger partial charge in [0.05, 0.1) is 13.2 Å². The third-order valence-electron chi connectivity index (χ3n) is 4.81. The van der Waals surface area contributed by atoms with Gasteiger partial charge in [0.2, 0.25) is 0 Å². The molecule has 3 heterocycles. The standard InChI is InChI=1S/C19H21ClN2O4S/c20-14-1-3-15(4-2-14)26-11-17-21-16(12-27-17)18(23)22-7-5-13(6-8-22)19-24-9-10-25-19/h1-4,12-13,19H,5-11H2. The normalized spacial score (nSPS) is 18.8. The zero-order chi connectivity index (χ0) is 18.6. The number of amides is 1. The number of rotatable bonds is 5. The summed E-state index contributed by atoms with van der Waals surface area (Å²) >= 11 is 7.30. The number of aromatic nitrogens is 1. The van der Waals surface area contributed by atoms with E-state index in [-0.39, 0.29) is 12.2 Å². The zero-order valence-electron chi connectivity index (χ0n) is 14.8. The Bertz CT molecular complexity index is 768. The maximum absolute atomic E-state index is 12.7. The minimum absolute atomic E-state index is 0.0179. The first-order valence-electron chi connectivity index (χ1n) is 9.04. The maximum atomic E-state index is 12.7. The number of hydrogen-bond donors (Lipinski definition) is 0. The van der Waals surface area contributed by atoms with Gasteiger partial charge in [-0.1, -0.05) is 11.6 Å². The highest BCUT2D eigenvalue weighted by Gasteiger charge is 2.32. The molecule has 1 amide bonds. The molecule has 6 nitrogen and oxygen atoms in total. The van der Waals surface area contributed by atoms with Crippen LogP contribution in [0.2, 0.25) is 5.02 Å². The van der Waals surface area contributed by atoms with Crippen LogP contribution in [-0.2, 0) is 16.1 Å². The predicted octanol–water partition coefficient (Wildman–Crippen LogP) is 3.60. The lowest BCUT2D eigenvalue weighted by atomic mass is 9.96. The fourth-order valence-electron chi connectivity index (χ4n) is 3.34. The van der Waals surface area contributed by atoms with Gasteiger partial charge in [-0.25, -0.2) is 4.98 Å². The third-order valence-corrected chi connectivity index (χ3v) is 5.88. The second-order valence-corrected chi connectivity index (χ2v) is 7.99. The molecule has 1 aromatic heterocycles. The molecule has 0 aliphatic carbocycles. The third kappa shape index (κ3) is 4.60. The van der Waals surface area contributed by atoms with Crippen molar-refractivity contribution in [3.8, 4) is 5.75 Å². The lowest BCUT2D eigenvalue weighted by Gasteiger charge is -2.33. The van der Waals surface area contributed by atoms with E-state index >= 15 is 0 Å². The lowest BCUT2D eigenvalue weighted by molar-refractivity contribution is -0.0956. The summed E-state index contributed by atoms with van der Waals surface area (Å²) in [4.78, 5) is 19.0. The molecular formula is C19H21ClN2O4S. The van der Waals surface area contributed by atoms with Crippen molar-refractivity contribution in [3.63, 3.8) is 0 Å². The molecule has 0 bridgehead atoms. The molecule has 0 spiro atoms. The predicted molar refractivity (Wildman–Crippen MR) is 102 cm³/mol. The van der Waals surface area contributed by atoms with E-state index in [9.17, 15) is 4.79 Å². The van der Waals surface area contributed by atoms with Gasteiger partial charge >= 0.3 is 0 Å². The maximum Gasteiger partial charge on any atom is 0.273 e. The Morgan fingerprint density at radius 1 is 1.22 bits per heavy atom. The highest BCUT2D eigenvalue weighted by atomic mass is 35.5. The Morgan fingerprint density at radius 2 is 1.93 bits per heavy atom.